The Balaban J connectivity index is 2.58. The Morgan fingerprint density at radius 2 is 2.33 bits per heavy atom. The lowest BCUT2D eigenvalue weighted by atomic mass is 10.5. The van der Waals surface area contributed by atoms with Crippen LogP contribution in [-0.4, -0.2) is 37.5 Å². The molecule has 0 aromatic carbocycles. The second-order valence-corrected chi connectivity index (χ2v) is 6.89. The van der Waals surface area contributed by atoms with Crippen LogP contribution in [0.3, 0.4) is 0 Å². The number of carbonyl (C=O) groups is 1. The lowest BCUT2D eigenvalue weighted by molar-refractivity contribution is 0.0702. The number of hydrogen-bond acceptors (Lipinski definition) is 5. The molecule has 0 spiro atoms. The molecule has 0 saturated carbocycles. The van der Waals surface area contributed by atoms with E-state index < -0.39 is 16.0 Å². The van der Waals surface area contributed by atoms with Gasteiger partial charge in [-0.15, -0.1) is 29.5 Å². The van der Waals surface area contributed by atoms with E-state index in [-0.39, 0.29) is 16.3 Å². The van der Waals surface area contributed by atoms with E-state index in [9.17, 15) is 13.2 Å². The molecule has 18 heavy (non-hydrogen) atoms. The molecule has 0 radical (unpaired) electrons. The fourth-order valence-corrected chi connectivity index (χ4v) is 3.82. The van der Waals surface area contributed by atoms with E-state index in [0.29, 0.717) is 11.5 Å². The predicted octanol–water partition coefficient (Wildman–Crippen LogP) is 1.09. The van der Waals surface area contributed by atoms with E-state index in [4.69, 9.17) is 11.5 Å². The Labute approximate surface area is 114 Å². The molecule has 8 heteroatoms. The average molecular weight is 305 g/mol. The Morgan fingerprint density at radius 1 is 1.61 bits per heavy atom. The van der Waals surface area contributed by atoms with Crippen molar-refractivity contribution in [1.82, 2.24) is 4.72 Å². The lowest BCUT2D eigenvalue weighted by Crippen LogP contribution is -2.25. The fourth-order valence-electron chi connectivity index (χ4n) is 1.03. The third-order valence-electron chi connectivity index (χ3n) is 1.82. The molecule has 98 valence electrons. The van der Waals surface area contributed by atoms with E-state index in [1.54, 1.807) is 0 Å². The zero-order valence-corrected chi connectivity index (χ0v) is 11.7. The van der Waals surface area contributed by atoms with Crippen LogP contribution in [0.15, 0.2) is 16.3 Å². The fraction of sp³-hybridized carbons (Fsp3) is 0.300. The van der Waals surface area contributed by atoms with E-state index >= 15 is 0 Å². The Morgan fingerprint density at radius 3 is 2.89 bits per heavy atom. The number of hydrogen-bond donors (Lipinski definition) is 2. The van der Waals surface area contributed by atoms with Crippen LogP contribution in [0.4, 0.5) is 0 Å². The molecule has 2 N–H and O–H groups in total. The molecule has 1 rings (SSSR count). The van der Waals surface area contributed by atoms with Gasteiger partial charge >= 0.3 is 5.97 Å². The minimum atomic E-state index is -3.63. The highest BCUT2D eigenvalue weighted by atomic mass is 32.2. The van der Waals surface area contributed by atoms with Crippen LogP contribution in [0.2, 0.25) is 0 Å². The zero-order valence-electron chi connectivity index (χ0n) is 9.25. The molecule has 0 fully saturated rings. The second-order valence-electron chi connectivity index (χ2n) is 3.11. The van der Waals surface area contributed by atoms with Gasteiger partial charge in [0.05, 0.1) is 10.6 Å². The molecule has 0 unspecified atom stereocenters. The Hall–Kier alpha value is -1.01. The molecular weight excluding hydrogens is 294 g/mol. The van der Waals surface area contributed by atoms with Gasteiger partial charge in [0.2, 0.25) is 10.0 Å². The normalized spacial score (nSPS) is 11.1. The predicted molar refractivity (Wildman–Crippen MR) is 72.6 cm³/mol. The molecule has 1 aromatic heterocycles. The standard InChI is InChI=1S/C10H11NO4S3/c1-2-4-16-5-3-11-18(14,15)8-6-9(10(12)13)17-7-8/h1,6-7,11H,3-5H2,(H,12,13). The number of sulfonamides is 1. The Bertz CT molecular complexity index is 556. The first-order valence-electron chi connectivity index (χ1n) is 4.80. The molecule has 0 aliphatic carbocycles. The minimum Gasteiger partial charge on any atom is -0.477 e. The first kappa shape index (κ1) is 15.0. The van der Waals surface area contributed by atoms with Crippen LogP contribution < -0.4 is 4.72 Å². The van der Waals surface area contributed by atoms with Gasteiger partial charge in [0.25, 0.3) is 0 Å². The van der Waals surface area contributed by atoms with Crippen molar-refractivity contribution in [3.05, 3.63) is 16.3 Å². The smallest absolute Gasteiger partial charge is 0.345 e. The summed E-state index contributed by atoms with van der Waals surface area (Å²) in [5.41, 5.74) is 0. The highest BCUT2D eigenvalue weighted by molar-refractivity contribution is 7.99. The largest absolute Gasteiger partial charge is 0.477 e. The summed E-state index contributed by atoms with van der Waals surface area (Å²) < 4.78 is 25.9. The van der Waals surface area contributed by atoms with Gasteiger partial charge in [-0.3, -0.25) is 0 Å². The summed E-state index contributed by atoms with van der Waals surface area (Å²) >= 11 is 2.33. The second kappa shape index (κ2) is 6.80. The van der Waals surface area contributed by atoms with Crippen molar-refractivity contribution in [3.8, 4) is 12.3 Å². The van der Waals surface area contributed by atoms with Crippen molar-refractivity contribution in [2.45, 2.75) is 4.90 Å². The van der Waals surface area contributed by atoms with Crippen molar-refractivity contribution < 1.29 is 18.3 Å². The van der Waals surface area contributed by atoms with Gasteiger partial charge < -0.3 is 5.11 Å². The van der Waals surface area contributed by atoms with Gasteiger partial charge in [-0.05, 0) is 6.07 Å². The zero-order chi connectivity index (χ0) is 13.6. The highest BCUT2D eigenvalue weighted by Gasteiger charge is 2.17. The van der Waals surface area contributed by atoms with Crippen molar-refractivity contribution in [2.24, 2.45) is 0 Å². The number of thioether (sulfide) groups is 1. The Kier molecular flexibility index (Phi) is 5.68. The van der Waals surface area contributed by atoms with E-state index in [1.807, 2.05) is 0 Å². The van der Waals surface area contributed by atoms with Gasteiger partial charge in [0.15, 0.2) is 0 Å². The monoisotopic (exact) mass is 305 g/mol. The van der Waals surface area contributed by atoms with Gasteiger partial charge in [-0.1, -0.05) is 5.92 Å². The molecule has 0 bridgehead atoms. The number of aromatic carboxylic acids is 1. The summed E-state index contributed by atoms with van der Waals surface area (Å²) in [7, 11) is -3.63. The van der Waals surface area contributed by atoms with E-state index in [2.05, 4.69) is 10.6 Å². The molecule has 0 aliphatic heterocycles. The van der Waals surface area contributed by atoms with Crippen molar-refractivity contribution in [2.75, 3.05) is 18.1 Å². The van der Waals surface area contributed by atoms with Crippen LogP contribution in [0.5, 0.6) is 0 Å². The summed E-state index contributed by atoms with van der Waals surface area (Å²) in [5.74, 6) is 2.40. The third kappa shape index (κ3) is 4.34. The van der Waals surface area contributed by atoms with Crippen molar-refractivity contribution in [1.29, 1.82) is 0 Å². The SMILES string of the molecule is C#CCSCCNS(=O)(=O)c1csc(C(=O)O)c1. The van der Waals surface area contributed by atoms with Gasteiger partial charge in [-0.25, -0.2) is 17.9 Å². The molecule has 1 heterocycles. The first-order valence-corrected chi connectivity index (χ1v) is 8.32. The first-order chi connectivity index (χ1) is 8.47. The summed E-state index contributed by atoms with van der Waals surface area (Å²) in [6.07, 6.45) is 5.05. The molecular formula is C10H11NO4S3. The van der Waals surface area contributed by atoms with E-state index in [1.165, 1.54) is 17.1 Å². The van der Waals surface area contributed by atoms with Crippen molar-refractivity contribution >= 4 is 39.1 Å². The molecule has 1 aromatic rings. The molecule has 0 aliphatic rings. The number of carboxylic acids is 1. The van der Waals surface area contributed by atoms with Crippen LogP contribution in [0.1, 0.15) is 9.67 Å². The average Bonchev–Trinajstić information content (AvgIpc) is 2.78. The molecule has 0 atom stereocenters. The maximum Gasteiger partial charge on any atom is 0.345 e. The maximum atomic E-state index is 11.8. The van der Waals surface area contributed by atoms with Gasteiger partial charge in [-0.2, -0.15) is 0 Å². The minimum absolute atomic E-state index is 0.00270. The van der Waals surface area contributed by atoms with Gasteiger partial charge in [0, 0.05) is 17.7 Å². The summed E-state index contributed by atoms with van der Waals surface area (Å²) in [6, 6.07) is 1.14. The van der Waals surface area contributed by atoms with Gasteiger partial charge in [0.1, 0.15) is 4.88 Å². The van der Waals surface area contributed by atoms with Crippen LogP contribution in [0, 0.1) is 12.3 Å². The van der Waals surface area contributed by atoms with Crippen molar-refractivity contribution in [3.63, 3.8) is 0 Å². The molecule has 0 amide bonds. The van der Waals surface area contributed by atoms with E-state index in [0.717, 1.165) is 17.4 Å². The number of nitrogens with one attached hydrogen (secondary N) is 1. The number of terminal acetylenes is 1. The lowest BCUT2D eigenvalue weighted by Gasteiger charge is -2.03. The highest BCUT2D eigenvalue weighted by Crippen LogP contribution is 2.18. The number of thiophene rings is 1. The van der Waals surface area contributed by atoms with Crippen LogP contribution >= 0.6 is 23.1 Å². The maximum absolute atomic E-state index is 11.8. The topological polar surface area (TPSA) is 83.5 Å². The molecule has 5 nitrogen and oxygen atoms in total. The van der Waals surface area contributed by atoms with Crippen LogP contribution in [0.25, 0.3) is 0 Å². The summed E-state index contributed by atoms with van der Waals surface area (Å²) in [6.45, 7) is 0.257. The quantitative estimate of drug-likeness (QED) is 0.582. The summed E-state index contributed by atoms with van der Waals surface area (Å²) in [4.78, 5) is 10.6. The number of carboxylic acid groups (broad SMARTS) is 1. The third-order valence-corrected chi connectivity index (χ3v) is 5.19. The molecule has 0 saturated heterocycles. The number of rotatable bonds is 7. The summed E-state index contributed by atoms with van der Waals surface area (Å²) in [5, 5.41) is 10.0. The van der Waals surface area contributed by atoms with Crippen LogP contribution in [-0.2, 0) is 10.0 Å².